The van der Waals surface area contributed by atoms with Crippen molar-refractivity contribution in [2.75, 3.05) is 32.8 Å². The maximum Gasteiger partial charge on any atom is 0.234 e. The van der Waals surface area contributed by atoms with Gasteiger partial charge in [-0.2, -0.15) is 0 Å². The zero-order chi connectivity index (χ0) is 14.1. The van der Waals surface area contributed by atoms with Gasteiger partial charge in [-0.3, -0.25) is 9.69 Å². The van der Waals surface area contributed by atoms with Crippen molar-refractivity contribution < 1.29 is 14.6 Å². The maximum atomic E-state index is 11.9. The number of piperidine rings is 1. The number of carbonyl (C=O) groups is 1. The van der Waals surface area contributed by atoms with E-state index in [4.69, 9.17) is 9.84 Å². The first-order chi connectivity index (χ1) is 9.19. The van der Waals surface area contributed by atoms with Crippen LogP contribution < -0.4 is 5.32 Å². The van der Waals surface area contributed by atoms with Crippen LogP contribution >= 0.6 is 0 Å². The average Bonchev–Trinajstić information content (AvgIpc) is 2.44. The van der Waals surface area contributed by atoms with Crippen LogP contribution in [-0.2, 0) is 9.53 Å². The molecule has 0 spiro atoms. The SMILES string of the molecule is CCC(CC)NC(=O)CN1CCC(OCCO)CC1. The topological polar surface area (TPSA) is 61.8 Å². The van der Waals surface area contributed by atoms with Gasteiger partial charge in [0.15, 0.2) is 0 Å². The molecule has 1 heterocycles. The minimum Gasteiger partial charge on any atom is -0.394 e. The summed E-state index contributed by atoms with van der Waals surface area (Å²) in [6.45, 7) is 6.97. The second-order valence-electron chi connectivity index (χ2n) is 5.15. The molecule has 112 valence electrons. The fraction of sp³-hybridized carbons (Fsp3) is 0.929. The Balaban J connectivity index is 2.19. The number of amides is 1. The van der Waals surface area contributed by atoms with E-state index < -0.39 is 0 Å². The van der Waals surface area contributed by atoms with Gasteiger partial charge < -0.3 is 15.2 Å². The molecule has 0 radical (unpaired) electrons. The first-order valence-corrected chi connectivity index (χ1v) is 7.43. The van der Waals surface area contributed by atoms with E-state index in [1.165, 1.54) is 0 Å². The molecule has 0 unspecified atom stereocenters. The molecule has 1 aliphatic heterocycles. The minimum absolute atomic E-state index is 0.0814. The molecule has 0 saturated carbocycles. The lowest BCUT2D eigenvalue weighted by Gasteiger charge is -2.31. The molecule has 1 fully saturated rings. The molecule has 2 N–H and O–H groups in total. The quantitative estimate of drug-likeness (QED) is 0.685. The van der Waals surface area contributed by atoms with Crippen molar-refractivity contribution in [3.8, 4) is 0 Å². The van der Waals surface area contributed by atoms with Crippen molar-refractivity contribution in [3.05, 3.63) is 0 Å². The number of likely N-dealkylation sites (tertiary alicyclic amines) is 1. The third kappa shape index (κ3) is 6.36. The van der Waals surface area contributed by atoms with Gasteiger partial charge in [-0.05, 0) is 25.7 Å². The van der Waals surface area contributed by atoms with E-state index in [-0.39, 0.29) is 18.6 Å². The van der Waals surface area contributed by atoms with Crippen molar-refractivity contribution in [3.63, 3.8) is 0 Å². The second kappa shape index (κ2) is 9.28. The van der Waals surface area contributed by atoms with E-state index in [0.717, 1.165) is 38.8 Å². The molecule has 5 nitrogen and oxygen atoms in total. The highest BCUT2D eigenvalue weighted by atomic mass is 16.5. The molecule has 0 bridgehead atoms. The van der Waals surface area contributed by atoms with E-state index in [0.29, 0.717) is 19.2 Å². The number of rotatable bonds is 8. The number of hydrogen-bond acceptors (Lipinski definition) is 4. The molecule has 0 aliphatic carbocycles. The highest BCUT2D eigenvalue weighted by Gasteiger charge is 2.21. The molecule has 0 atom stereocenters. The fourth-order valence-electron chi connectivity index (χ4n) is 2.42. The lowest BCUT2D eigenvalue weighted by atomic mass is 10.1. The third-order valence-corrected chi connectivity index (χ3v) is 3.70. The number of nitrogens with one attached hydrogen (secondary N) is 1. The maximum absolute atomic E-state index is 11.9. The number of aliphatic hydroxyl groups is 1. The average molecular weight is 272 g/mol. The molecule has 0 aromatic heterocycles. The number of hydrogen-bond donors (Lipinski definition) is 2. The fourth-order valence-corrected chi connectivity index (χ4v) is 2.42. The van der Waals surface area contributed by atoms with Crippen LogP contribution in [0, 0.1) is 0 Å². The van der Waals surface area contributed by atoms with Gasteiger partial charge in [0.25, 0.3) is 0 Å². The summed E-state index contributed by atoms with van der Waals surface area (Å²) in [7, 11) is 0. The van der Waals surface area contributed by atoms with Crippen LogP contribution in [0.1, 0.15) is 39.5 Å². The normalized spacial score (nSPS) is 17.9. The van der Waals surface area contributed by atoms with Crippen LogP contribution in [0.5, 0.6) is 0 Å². The summed E-state index contributed by atoms with van der Waals surface area (Å²) < 4.78 is 5.51. The molecule has 0 aromatic rings. The summed E-state index contributed by atoms with van der Waals surface area (Å²) >= 11 is 0. The molecule has 1 aliphatic rings. The first kappa shape index (κ1) is 16.4. The summed E-state index contributed by atoms with van der Waals surface area (Å²) in [5, 5.41) is 11.8. The van der Waals surface area contributed by atoms with E-state index in [1.54, 1.807) is 0 Å². The molecular weight excluding hydrogens is 244 g/mol. The van der Waals surface area contributed by atoms with Gasteiger partial charge in [-0.1, -0.05) is 13.8 Å². The summed E-state index contributed by atoms with van der Waals surface area (Å²) in [6.07, 6.45) is 4.10. The highest BCUT2D eigenvalue weighted by Crippen LogP contribution is 2.13. The Morgan fingerprint density at radius 3 is 2.53 bits per heavy atom. The first-order valence-electron chi connectivity index (χ1n) is 7.43. The van der Waals surface area contributed by atoms with Gasteiger partial charge in [0.1, 0.15) is 0 Å². The minimum atomic E-state index is 0.0814. The molecule has 5 heteroatoms. The van der Waals surface area contributed by atoms with Crippen LogP contribution in [0.15, 0.2) is 0 Å². The van der Waals surface area contributed by atoms with Gasteiger partial charge in [-0.15, -0.1) is 0 Å². The molecule has 1 rings (SSSR count). The zero-order valence-electron chi connectivity index (χ0n) is 12.2. The predicted octanol–water partition coefficient (Wildman–Crippen LogP) is 0.765. The summed E-state index contributed by atoms with van der Waals surface area (Å²) in [5.74, 6) is 0.128. The molecule has 1 amide bonds. The van der Waals surface area contributed by atoms with Gasteiger partial charge in [0, 0.05) is 19.1 Å². The Bertz CT molecular complexity index is 249. The Morgan fingerprint density at radius 2 is 2.00 bits per heavy atom. The Hall–Kier alpha value is -0.650. The van der Waals surface area contributed by atoms with E-state index in [9.17, 15) is 4.79 Å². The number of aliphatic hydroxyl groups excluding tert-OH is 1. The van der Waals surface area contributed by atoms with Crippen LogP contribution in [0.3, 0.4) is 0 Å². The van der Waals surface area contributed by atoms with Crippen LogP contribution in [0.4, 0.5) is 0 Å². The van der Waals surface area contributed by atoms with Gasteiger partial charge in [0.05, 0.1) is 25.9 Å². The monoisotopic (exact) mass is 272 g/mol. The van der Waals surface area contributed by atoms with E-state index in [1.807, 2.05) is 0 Å². The predicted molar refractivity (Wildman–Crippen MR) is 75.0 cm³/mol. The lowest BCUT2D eigenvalue weighted by molar-refractivity contribution is -0.123. The van der Waals surface area contributed by atoms with Gasteiger partial charge >= 0.3 is 0 Å². The Morgan fingerprint density at radius 1 is 1.37 bits per heavy atom. The van der Waals surface area contributed by atoms with Crippen LogP contribution in [0.2, 0.25) is 0 Å². The molecular formula is C14H28N2O3. The van der Waals surface area contributed by atoms with Gasteiger partial charge in [0.2, 0.25) is 5.91 Å². The van der Waals surface area contributed by atoms with Crippen molar-refractivity contribution in [2.24, 2.45) is 0 Å². The van der Waals surface area contributed by atoms with E-state index >= 15 is 0 Å². The number of carbonyl (C=O) groups excluding carboxylic acids is 1. The zero-order valence-corrected chi connectivity index (χ0v) is 12.2. The Kier molecular flexibility index (Phi) is 8.02. The molecule has 1 saturated heterocycles. The Labute approximate surface area is 116 Å². The summed E-state index contributed by atoms with van der Waals surface area (Å²) in [4.78, 5) is 14.1. The summed E-state index contributed by atoms with van der Waals surface area (Å²) in [5.41, 5.74) is 0. The molecule has 0 aromatic carbocycles. The van der Waals surface area contributed by atoms with Gasteiger partial charge in [-0.25, -0.2) is 0 Å². The number of nitrogens with zero attached hydrogens (tertiary/aromatic N) is 1. The van der Waals surface area contributed by atoms with E-state index in [2.05, 4.69) is 24.1 Å². The van der Waals surface area contributed by atoms with Crippen LogP contribution in [-0.4, -0.2) is 60.9 Å². The number of ether oxygens (including phenoxy) is 1. The lowest BCUT2D eigenvalue weighted by Crippen LogP contribution is -2.45. The third-order valence-electron chi connectivity index (χ3n) is 3.70. The smallest absolute Gasteiger partial charge is 0.234 e. The van der Waals surface area contributed by atoms with Crippen molar-refractivity contribution in [1.29, 1.82) is 0 Å². The van der Waals surface area contributed by atoms with Crippen molar-refractivity contribution >= 4 is 5.91 Å². The van der Waals surface area contributed by atoms with Crippen LogP contribution in [0.25, 0.3) is 0 Å². The highest BCUT2D eigenvalue weighted by molar-refractivity contribution is 5.78. The molecule has 19 heavy (non-hydrogen) atoms. The van der Waals surface area contributed by atoms with Crippen molar-refractivity contribution in [2.45, 2.75) is 51.7 Å². The summed E-state index contributed by atoms with van der Waals surface area (Å²) in [6, 6.07) is 0.304. The largest absolute Gasteiger partial charge is 0.394 e. The standard InChI is InChI=1S/C14H28N2O3/c1-3-12(4-2)15-14(18)11-16-7-5-13(6-8-16)19-10-9-17/h12-13,17H,3-11H2,1-2H3,(H,15,18). The van der Waals surface area contributed by atoms with Crippen molar-refractivity contribution in [1.82, 2.24) is 10.2 Å². The second-order valence-corrected chi connectivity index (χ2v) is 5.15.